The predicted molar refractivity (Wildman–Crippen MR) is 81.3 cm³/mol. The van der Waals surface area contributed by atoms with Crippen molar-refractivity contribution in [3.63, 3.8) is 0 Å². The molecule has 0 fully saturated rings. The highest BCUT2D eigenvalue weighted by Gasteiger charge is 1.92. The van der Waals surface area contributed by atoms with Crippen molar-refractivity contribution in [1.82, 2.24) is 0 Å². The molecule has 2 aromatic rings. The molecule has 0 heterocycles. The fourth-order valence-corrected chi connectivity index (χ4v) is 1.76. The molecule has 0 atom stereocenters. The summed E-state index contributed by atoms with van der Waals surface area (Å²) in [5.74, 6) is 0.865. The minimum Gasteiger partial charge on any atom is -0.497 e. The van der Waals surface area contributed by atoms with Crippen LogP contribution in [0.3, 0.4) is 0 Å². The average molecular weight is 269 g/mol. The minimum absolute atomic E-state index is 0.533. The van der Waals surface area contributed by atoms with Crippen LogP contribution < -0.4 is 4.74 Å². The molecule has 0 aromatic heterocycles. The van der Waals surface area contributed by atoms with E-state index in [0.29, 0.717) is 19.8 Å². The molecule has 0 aliphatic heterocycles. The van der Waals surface area contributed by atoms with Gasteiger partial charge in [0, 0.05) is 6.21 Å². The van der Waals surface area contributed by atoms with Crippen molar-refractivity contribution in [2.45, 2.75) is 13.2 Å². The Hall–Kier alpha value is -2.13. The monoisotopic (exact) mass is 269 g/mol. The quantitative estimate of drug-likeness (QED) is 0.569. The maximum absolute atomic E-state index is 5.52. The first-order chi connectivity index (χ1) is 9.88. The molecule has 0 radical (unpaired) electrons. The number of benzene rings is 2. The minimum atomic E-state index is 0.533. The Morgan fingerprint density at radius 3 is 2.40 bits per heavy atom. The van der Waals surface area contributed by atoms with Crippen molar-refractivity contribution < 1.29 is 9.47 Å². The van der Waals surface area contributed by atoms with Gasteiger partial charge in [-0.25, -0.2) is 0 Å². The third-order valence-electron chi connectivity index (χ3n) is 2.87. The smallest absolute Gasteiger partial charge is 0.118 e. The summed E-state index contributed by atoms with van der Waals surface area (Å²) in [6, 6.07) is 18.0. The van der Waals surface area contributed by atoms with Crippen LogP contribution in [0.5, 0.6) is 5.75 Å². The van der Waals surface area contributed by atoms with Gasteiger partial charge in [0.2, 0.25) is 0 Å². The summed E-state index contributed by atoms with van der Waals surface area (Å²) in [4.78, 5) is 4.34. The molecule has 0 N–H and O–H groups in total. The normalized spacial score (nSPS) is 10.8. The molecule has 0 spiro atoms. The summed E-state index contributed by atoms with van der Waals surface area (Å²) in [5, 5.41) is 0. The third kappa shape index (κ3) is 4.86. The van der Waals surface area contributed by atoms with Crippen LogP contribution in [-0.2, 0) is 17.9 Å². The Labute approximate surface area is 119 Å². The lowest BCUT2D eigenvalue weighted by atomic mass is 10.2. The molecule has 0 saturated heterocycles. The largest absolute Gasteiger partial charge is 0.497 e. The lowest BCUT2D eigenvalue weighted by molar-refractivity contribution is 0.160. The highest BCUT2D eigenvalue weighted by atomic mass is 16.5. The van der Waals surface area contributed by atoms with Gasteiger partial charge in [0.1, 0.15) is 5.75 Å². The molecule has 104 valence electrons. The summed E-state index contributed by atoms with van der Waals surface area (Å²) in [6.45, 7) is 1.82. The molecule has 0 amide bonds. The van der Waals surface area contributed by atoms with Gasteiger partial charge in [0.25, 0.3) is 0 Å². The van der Waals surface area contributed by atoms with Crippen LogP contribution in [0.25, 0.3) is 0 Å². The van der Waals surface area contributed by atoms with Gasteiger partial charge in [-0.3, -0.25) is 4.99 Å². The summed E-state index contributed by atoms with van der Waals surface area (Å²) >= 11 is 0. The molecule has 0 aliphatic rings. The maximum Gasteiger partial charge on any atom is 0.118 e. The van der Waals surface area contributed by atoms with Crippen molar-refractivity contribution in [2.75, 3.05) is 13.7 Å². The molecule has 20 heavy (non-hydrogen) atoms. The zero-order chi connectivity index (χ0) is 14.0. The molecular weight excluding hydrogens is 250 g/mol. The van der Waals surface area contributed by atoms with Gasteiger partial charge >= 0.3 is 0 Å². The van der Waals surface area contributed by atoms with Crippen LogP contribution in [0, 0.1) is 0 Å². The molecule has 0 unspecified atom stereocenters. The van der Waals surface area contributed by atoms with Crippen LogP contribution in [-0.4, -0.2) is 19.9 Å². The van der Waals surface area contributed by atoms with E-state index in [1.54, 1.807) is 7.11 Å². The Morgan fingerprint density at radius 1 is 0.950 bits per heavy atom. The van der Waals surface area contributed by atoms with Gasteiger partial charge in [-0.05, 0) is 23.3 Å². The summed E-state index contributed by atoms with van der Waals surface area (Å²) in [7, 11) is 1.66. The van der Waals surface area contributed by atoms with E-state index >= 15 is 0 Å². The predicted octanol–water partition coefficient (Wildman–Crippen LogP) is 3.48. The van der Waals surface area contributed by atoms with E-state index in [9.17, 15) is 0 Å². The zero-order valence-corrected chi connectivity index (χ0v) is 11.7. The Bertz CT molecular complexity index is 520. The van der Waals surface area contributed by atoms with E-state index < -0.39 is 0 Å². The number of ether oxygens (including phenoxy) is 2. The first-order valence-corrected chi connectivity index (χ1v) is 6.61. The lowest BCUT2D eigenvalue weighted by Crippen LogP contribution is -1.96. The highest BCUT2D eigenvalue weighted by molar-refractivity contribution is 5.58. The van der Waals surface area contributed by atoms with Crippen LogP contribution in [0.4, 0.5) is 0 Å². The number of hydrogen-bond donors (Lipinski definition) is 0. The Kier molecular flexibility index (Phi) is 5.80. The van der Waals surface area contributed by atoms with Gasteiger partial charge in [0.15, 0.2) is 0 Å². The molecule has 0 saturated carbocycles. The van der Waals surface area contributed by atoms with Crippen molar-refractivity contribution in [3.8, 4) is 5.75 Å². The van der Waals surface area contributed by atoms with Crippen molar-refractivity contribution in [3.05, 3.63) is 65.7 Å². The first kappa shape index (κ1) is 14.3. The molecule has 0 bridgehead atoms. The fraction of sp³-hybridized carbons (Fsp3) is 0.235. The summed E-state index contributed by atoms with van der Waals surface area (Å²) in [5.41, 5.74) is 2.33. The van der Waals surface area contributed by atoms with Crippen molar-refractivity contribution in [1.29, 1.82) is 0 Å². The number of hydrogen-bond acceptors (Lipinski definition) is 3. The second kappa shape index (κ2) is 8.12. The third-order valence-corrected chi connectivity index (χ3v) is 2.87. The molecule has 2 aromatic carbocycles. The van der Waals surface area contributed by atoms with Crippen LogP contribution in [0.2, 0.25) is 0 Å². The van der Waals surface area contributed by atoms with Crippen LogP contribution in [0.15, 0.2) is 59.6 Å². The topological polar surface area (TPSA) is 30.8 Å². The Morgan fingerprint density at radius 2 is 1.70 bits per heavy atom. The molecule has 2 rings (SSSR count). The van der Waals surface area contributed by atoms with E-state index in [-0.39, 0.29) is 0 Å². The standard InChI is InChI=1S/C17H19NO2/c1-19-17-9-7-15(8-10-17)13-18-11-12-20-14-16-5-3-2-4-6-16/h2-11H,12-14H2,1H3. The number of rotatable bonds is 7. The second-order valence-corrected chi connectivity index (χ2v) is 4.37. The number of aliphatic imine (C=N–C) groups is 1. The van der Waals surface area contributed by atoms with E-state index in [2.05, 4.69) is 17.1 Å². The molecule has 0 aliphatic carbocycles. The molecule has 3 nitrogen and oxygen atoms in total. The Balaban J connectivity index is 1.66. The summed E-state index contributed by atoms with van der Waals surface area (Å²) < 4.78 is 10.6. The summed E-state index contributed by atoms with van der Waals surface area (Å²) in [6.07, 6.45) is 1.81. The zero-order valence-electron chi connectivity index (χ0n) is 11.7. The van der Waals surface area contributed by atoms with Gasteiger partial charge in [0.05, 0.1) is 26.9 Å². The second-order valence-electron chi connectivity index (χ2n) is 4.37. The molecule has 3 heteroatoms. The fourth-order valence-electron chi connectivity index (χ4n) is 1.76. The van der Waals surface area contributed by atoms with Gasteiger partial charge in [-0.2, -0.15) is 0 Å². The van der Waals surface area contributed by atoms with E-state index in [1.807, 2.05) is 48.7 Å². The number of methoxy groups -OCH3 is 1. The van der Waals surface area contributed by atoms with E-state index in [4.69, 9.17) is 9.47 Å². The first-order valence-electron chi connectivity index (χ1n) is 6.61. The molecular formula is C17H19NO2. The maximum atomic E-state index is 5.52. The van der Waals surface area contributed by atoms with Gasteiger partial charge in [-0.1, -0.05) is 42.5 Å². The van der Waals surface area contributed by atoms with Gasteiger partial charge in [-0.15, -0.1) is 0 Å². The van der Waals surface area contributed by atoms with Crippen molar-refractivity contribution >= 4 is 6.21 Å². The van der Waals surface area contributed by atoms with Crippen molar-refractivity contribution in [2.24, 2.45) is 4.99 Å². The lowest BCUT2D eigenvalue weighted by Gasteiger charge is -2.01. The van der Waals surface area contributed by atoms with Crippen LogP contribution in [0.1, 0.15) is 11.1 Å². The average Bonchev–Trinajstić information content (AvgIpc) is 2.52. The van der Waals surface area contributed by atoms with E-state index in [0.717, 1.165) is 11.3 Å². The SMILES string of the molecule is COc1ccc(CN=CCOCc2ccccc2)cc1. The number of nitrogens with zero attached hydrogens (tertiary/aromatic N) is 1. The van der Waals surface area contributed by atoms with Crippen LogP contribution >= 0.6 is 0 Å². The highest BCUT2D eigenvalue weighted by Crippen LogP contribution is 2.11. The van der Waals surface area contributed by atoms with E-state index in [1.165, 1.54) is 5.56 Å². The van der Waals surface area contributed by atoms with Gasteiger partial charge < -0.3 is 9.47 Å².